The molecule has 1 unspecified atom stereocenters. The molecule has 1 atom stereocenters. The molecule has 0 bridgehead atoms. The van der Waals surface area contributed by atoms with Gasteiger partial charge in [-0.05, 0) is 82.6 Å². The molecule has 0 amide bonds. The van der Waals surface area contributed by atoms with Crippen LogP contribution < -0.4 is 0 Å². The molecule has 3 heteroatoms. The second kappa shape index (κ2) is 10.0. The Morgan fingerprint density at radius 3 is 2.00 bits per heavy atom. The minimum absolute atomic E-state index is 0.342. The molecule has 0 saturated carbocycles. The van der Waals surface area contributed by atoms with Crippen LogP contribution in [0.25, 0.3) is 71.2 Å². The van der Waals surface area contributed by atoms with E-state index in [-0.39, 0.29) is 0 Å². The lowest BCUT2D eigenvalue weighted by Gasteiger charge is -2.25. The lowest BCUT2D eigenvalue weighted by molar-refractivity contribution is 0.763. The lowest BCUT2D eigenvalue weighted by atomic mass is 9.80. The number of nitrogens with zero attached hydrogens (tertiary/aromatic N) is 3. The third-order valence-corrected chi connectivity index (χ3v) is 9.65. The summed E-state index contributed by atoms with van der Waals surface area (Å²) in [5.41, 5.74) is 11.8. The van der Waals surface area contributed by atoms with E-state index in [9.17, 15) is 0 Å². The SMILES string of the molecule is CC1=C(c2cnc3c4ccccc4c4ccccc4c3n2)CC(C)C(c2ccc3c(c2)c2ccccc2n3-c2ccccc2)=C1. The number of hydrogen-bond acceptors (Lipinski definition) is 2. The number of benzene rings is 6. The quantitative estimate of drug-likeness (QED) is 0.196. The zero-order valence-electron chi connectivity index (χ0n) is 25.3. The highest BCUT2D eigenvalue weighted by atomic mass is 15.0. The third-order valence-electron chi connectivity index (χ3n) is 9.65. The predicted octanol–water partition coefficient (Wildman–Crippen LogP) is 10.9. The molecule has 1 aliphatic rings. The Kier molecular flexibility index (Phi) is 5.76. The minimum atomic E-state index is 0.342. The van der Waals surface area contributed by atoms with Crippen molar-refractivity contribution in [1.82, 2.24) is 14.5 Å². The Morgan fingerprint density at radius 1 is 0.622 bits per heavy atom. The van der Waals surface area contributed by atoms with Gasteiger partial charge in [0.1, 0.15) is 0 Å². The maximum Gasteiger partial charge on any atom is 0.0979 e. The van der Waals surface area contributed by atoms with Gasteiger partial charge in [0.05, 0.1) is 34.0 Å². The predicted molar refractivity (Wildman–Crippen MR) is 190 cm³/mol. The normalized spacial score (nSPS) is 15.5. The molecule has 45 heavy (non-hydrogen) atoms. The Bertz CT molecular complexity index is 2500. The third kappa shape index (κ3) is 3.97. The topological polar surface area (TPSA) is 30.7 Å². The number of fused-ring (bicyclic) bond motifs is 9. The molecule has 214 valence electrons. The first kappa shape index (κ1) is 25.9. The van der Waals surface area contributed by atoms with Gasteiger partial charge in [-0.2, -0.15) is 0 Å². The minimum Gasteiger partial charge on any atom is -0.309 e. The molecule has 3 nitrogen and oxygen atoms in total. The van der Waals surface area contributed by atoms with E-state index in [0.29, 0.717) is 5.92 Å². The number of allylic oxidation sites excluding steroid dienone is 4. The van der Waals surface area contributed by atoms with E-state index < -0.39 is 0 Å². The summed E-state index contributed by atoms with van der Waals surface area (Å²) in [4.78, 5) is 10.4. The van der Waals surface area contributed by atoms with Crippen LogP contribution in [0.1, 0.15) is 31.5 Å². The molecule has 9 rings (SSSR count). The van der Waals surface area contributed by atoms with E-state index in [1.165, 1.54) is 60.5 Å². The smallest absolute Gasteiger partial charge is 0.0979 e. The highest BCUT2D eigenvalue weighted by molar-refractivity contribution is 6.23. The van der Waals surface area contributed by atoms with Crippen LogP contribution in [0.2, 0.25) is 0 Å². The number of para-hydroxylation sites is 2. The lowest BCUT2D eigenvalue weighted by Crippen LogP contribution is -2.08. The first-order valence-electron chi connectivity index (χ1n) is 15.7. The van der Waals surface area contributed by atoms with Crippen molar-refractivity contribution in [3.8, 4) is 5.69 Å². The molecule has 6 aromatic carbocycles. The summed E-state index contributed by atoms with van der Waals surface area (Å²) in [7, 11) is 0. The molecule has 1 aliphatic carbocycles. The van der Waals surface area contributed by atoms with E-state index in [0.717, 1.165) is 33.9 Å². The Labute approximate surface area is 261 Å². The summed E-state index contributed by atoms with van der Waals surface area (Å²) < 4.78 is 2.38. The maximum atomic E-state index is 5.31. The molecule has 0 aliphatic heterocycles. The van der Waals surface area contributed by atoms with Gasteiger partial charge in [0.2, 0.25) is 0 Å². The molecule has 8 aromatic rings. The van der Waals surface area contributed by atoms with Crippen LogP contribution in [0, 0.1) is 5.92 Å². The second-order valence-corrected chi connectivity index (χ2v) is 12.3. The summed E-state index contributed by atoms with van der Waals surface area (Å²) >= 11 is 0. The van der Waals surface area contributed by atoms with Crippen molar-refractivity contribution in [2.45, 2.75) is 20.3 Å². The first-order chi connectivity index (χ1) is 22.2. The van der Waals surface area contributed by atoms with Gasteiger partial charge < -0.3 is 4.57 Å². The Hall–Kier alpha value is -5.54. The van der Waals surface area contributed by atoms with Crippen LogP contribution in [0.3, 0.4) is 0 Å². The standard InChI is InChI=1S/C42H31N3/c1-26-23-36(38-25-43-41-33-17-8-6-14-30(33)31-15-7-9-18-34(31)42(41)44-38)27(2)22-35(26)28-20-21-40-37(24-28)32-16-10-11-19-39(32)45(40)29-12-4-3-5-13-29/h3-22,24-26H,23H2,1-2H3. The number of hydrogen-bond donors (Lipinski definition) is 0. The van der Waals surface area contributed by atoms with E-state index >= 15 is 0 Å². The van der Waals surface area contributed by atoms with Crippen LogP contribution in [0.5, 0.6) is 0 Å². The number of aromatic nitrogens is 3. The van der Waals surface area contributed by atoms with Crippen molar-refractivity contribution in [2.24, 2.45) is 5.92 Å². The zero-order valence-corrected chi connectivity index (χ0v) is 25.3. The van der Waals surface area contributed by atoms with Crippen LogP contribution >= 0.6 is 0 Å². The largest absolute Gasteiger partial charge is 0.309 e. The molecule has 0 saturated heterocycles. The monoisotopic (exact) mass is 577 g/mol. The summed E-state index contributed by atoms with van der Waals surface area (Å²) in [6.45, 7) is 4.57. The van der Waals surface area contributed by atoms with Gasteiger partial charge in [-0.25, -0.2) is 4.98 Å². The van der Waals surface area contributed by atoms with Crippen LogP contribution in [-0.4, -0.2) is 14.5 Å². The van der Waals surface area contributed by atoms with E-state index in [1.54, 1.807) is 0 Å². The van der Waals surface area contributed by atoms with Gasteiger partial charge >= 0.3 is 0 Å². The highest BCUT2D eigenvalue weighted by Crippen LogP contribution is 2.42. The van der Waals surface area contributed by atoms with E-state index in [1.807, 2.05) is 6.20 Å². The summed E-state index contributed by atoms with van der Waals surface area (Å²) in [6.07, 6.45) is 5.29. The van der Waals surface area contributed by atoms with Crippen molar-refractivity contribution in [3.63, 3.8) is 0 Å². The average Bonchev–Trinajstić information content (AvgIpc) is 3.43. The van der Waals surface area contributed by atoms with Gasteiger partial charge in [0, 0.05) is 27.2 Å². The molecule has 0 radical (unpaired) electrons. The van der Waals surface area contributed by atoms with Crippen molar-refractivity contribution >= 4 is 65.5 Å². The fraction of sp³-hybridized carbons (Fsp3) is 0.0952. The Balaban J connectivity index is 1.18. The first-order valence-corrected chi connectivity index (χ1v) is 15.7. The zero-order chi connectivity index (χ0) is 30.1. The van der Waals surface area contributed by atoms with Crippen molar-refractivity contribution in [2.75, 3.05) is 0 Å². The summed E-state index contributed by atoms with van der Waals surface area (Å²) in [5.74, 6) is 0.342. The fourth-order valence-corrected chi connectivity index (χ4v) is 7.49. The van der Waals surface area contributed by atoms with Crippen molar-refractivity contribution in [1.29, 1.82) is 0 Å². The number of rotatable bonds is 3. The van der Waals surface area contributed by atoms with Crippen LogP contribution in [0.4, 0.5) is 0 Å². The summed E-state index contributed by atoms with van der Waals surface area (Å²) in [5, 5.41) is 7.32. The highest BCUT2D eigenvalue weighted by Gasteiger charge is 2.23. The fourth-order valence-electron chi connectivity index (χ4n) is 7.49. The molecular formula is C42H31N3. The molecule has 2 heterocycles. The summed E-state index contributed by atoms with van der Waals surface area (Å²) in [6, 6.07) is 43.5. The van der Waals surface area contributed by atoms with Crippen molar-refractivity contribution in [3.05, 3.63) is 150 Å². The Morgan fingerprint density at radius 2 is 1.24 bits per heavy atom. The molecular weight excluding hydrogens is 546 g/mol. The average molecular weight is 578 g/mol. The van der Waals surface area contributed by atoms with Gasteiger partial charge in [0.25, 0.3) is 0 Å². The van der Waals surface area contributed by atoms with E-state index in [4.69, 9.17) is 9.97 Å². The molecule has 0 spiro atoms. The van der Waals surface area contributed by atoms with Crippen molar-refractivity contribution < 1.29 is 0 Å². The van der Waals surface area contributed by atoms with Gasteiger partial charge in [-0.3, -0.25) is 4.98 Å². The van der Waals surface area contributed by atoms with Crippen LogP contribution in [-0.2, 0) is 0 Å². The van der Waals surface area contributed by atoms with E-state index in [2.05, 4.69) is 146 Å². The van der Waals surface area contributed by atoms with Gasteiger partial charge in [0.15, 0.2) is 0 Å². The van der Waals surface area contributed by atoms with Gasteiger partial charge in [-0.1, -0.05) is 104 Å². The molecule has 0 N–H and O–H groups in total. The van der Waals surface area contributed by atoms with Gasteiger partial charge in [-0.15, -0.1) is 0 Å². The van der Waals surface area contributed by atoms with Crippen LogP contribution in [0.15, 0.2) is 139 Å². The maximum absolute atomic E-state index is 5.31. The second-order valence-electron chi connectivity index (χ2n) is 12.3. The molecule has 2 aromatic heterocycles. The molecule has 0 fully saturated rings.